The van der Waals surface area contributed by atoms with Crippen LogP contribution in [0.25, 0.3) is 5.57 Å². The highest BCUT2D eigenvalue weighted by molar-refractivity contribution is 9.10. The van der Waals surface area contributed by atoms with Crippen LogP contribution >= 0.6 is 15.9 Å². The Balaban J connectivity index is 1.83. The fourth-order valence-electron chi connectivity index (χ4n) is 3.77. The number of aliphatic hydroxyl groups is 1. The minimum Gasteiger partial charge on any atom is -0.503 e. The second-order valence-corrected chi connectivity index (χ2v) is 7.75. The number of hydrogen-bond acceptors (Lipinski definition) is 3. The topological polar surface area (TPSA) is 49.8 Å². The van der Waals surface area contributed by atoms with E-state index in [1.165, 1.54) is 0 Å². The molecule has 1 amide bonds. The number of ether oxygens (including phenoxy) is 1. The lowest BCUT2D eigenvalue weighted by Crippen LogP contribution is -2.30. The first-order valence-electron chi connectivity index (χ1n) is 9.27. The fourth-order valence-corrected chi connectivity index (χ4v) is 4.19. The van der Waals surface area contributed by atoms with Gasteiger partial charge < -0.3 is 14.7 Å². The summed E-state index contributed by atoms with van der Waals surface area (Å²) in [5.74, 6) is 0.108. The van der Waals surface area contributed by atoms with Gasteiger partial charge in [-0.25, -0.2) is 0 Å². The second-order valence-electron chi connectivity index (χ2n) is 6.83. The molecular weight excluding hydrogens is 430 g/mol. The molecule has 29 heavy (non-hydrogen) atoms. The quantitative estimate of drug-likeness (QED) is 0.558. The molecule has 4 nitrogen and oxygen atoms in total. The number of carbonyl (C=O) groups is 1. The van der Waals surface area contributed by atoms with Gasteiger partial charge in [0.1, 0.15) is 5.75 Å². The molecule has 0 spiro atoms. The molecule has 1 aliphatic heterocycles. The van der Waals surface area contributed by atoms with E-state index in [9.17, 15) is 9.90 Å². The fraction of sp³-hybridized carbons (Fsp3) is 0.125. The van der Waals surface area contributed by atoms with Gasteiger partial charge in [-0.2, -0.15) is 0 Å². The molecule has 0 fully saturated rings. The van der Waals surface area contributed by atoms with E-state index in [4.69, 9.17) is 4.74 Å². The Hall–Kier alpha value is -3.05. The summed E-state index contributed by atoms with van der Waals surface area (Å²) in [6, 6.07) is 24.6. The van der Waals surface area contributed by atoms with E-state index in [1.54, 1.807) is 12.0 Å². The van der Waals surface area contributed by atoms with Crippen molar-refractivity contribution in [3.05, 3.63) is 106 Å². The van der Waals surface area contributed by atoms with Gasteiger partial charge in [0.15, 0.2) is 5.76 Å². The SMILES string of the molecule is COc1ccccc1CN1C(=O)C(O)=C(c2ccccc2)C1c1cccc(Br)c1. The summed E-state index contributed by atoms with van der Waals surface area (Å²) < 4.78 is 6.38. The zero-order chi connectivity index (χ0) is 20.4. The maximum absolute atomic E-state index is 13.1. The average Bonchev–Trinajstić information content (AvgIpc) is 3.00. The van der Waals surface area contributed by atoms with Gasteiger partial charge >= 0.3 is 0 Å². The first kappa shape index (κ1) is 19.3. The van der Waals surface area contributed by atoms with Crippen LogP contribution in [-0.2, 0) is 11.3 Å². The summed E-state index contributed by atoms with van der Waals surface area (Å²) in [4.78, 5) is 14.8. The third-order valence-corrected chi connectivity index (χ3v) is 5.58. The maximum atomic E-state index is 13.1. The van der Waals surface area contributed by atoms with Crippen LogP contribution < -0.4 is 4.74 Å². The summed E-state index contributed by atoms with van der Waals surface area (Å²) in [6.45, 7) is 0.320. The van der Waals surface area contributed by atoms with Crippen molar-refractivity contribution < 1.29 is 14.6 Å². The number of nitrogens with zero attached hydrogens (tertiary/aromatic N) is 1. The maximum Gasteiger partial charge on any atom is 0.290 e. The third kappa shape index (κ3) is 3.66. The Morgan fingerprint density at radius 2 is 1.72 bits per heavy atom. The van der Waals surface area contributed by atoms with Crippen LogP contribution in [0, 0.1) is 0 Å². The molecule has 1 unspecified atom stereocenters. The van der Waals surface area contributed by atoms with E-state index < -0.39 is 6.04 Å². The van der Waals surface area contributed by atoms with Gasteiger partial charge in [-0.05, 0) is 29.3 Å². The largest absolute Gasteiger partial charge is 0.503 e. The first-order chi connectivity index (χ1) is 14.1. The van der Waals surface area contributed by atoms with Crippen molar-refractivity contribution in [2.24, 2.45) is 0 Å². The zero-order valence-electron chi connectivity index (χ0n) is 15.9. The Kier molecular flexibility index (Phi) is 5.41. The van der Waals surface area contributed by atoms with Crippen molar-refractivity contribution in [1.82, 2.24) is 4.90 Å². The van der Waals surface area contributed by atoms with E-state index >= 15 is 0 Å². The minimum atomic E-state index is -0.410. The van der Waals surface area contributed by atoms with Crippen molar-refractivity contribution in [1.29, 1.82) is 0 Å². The third-order valence-electron chi connectivity index (χ3n) is 5.09. The number of hydrogen-bond donors (Lipinski definition) is 1. The number of aliphatic hydroxyl groups excluding tert-OH is 1. The van der Waals surface area contributed by atoms with Crippen LogP contribution in [0.3, 0.4) is 0 Å². The molecule has 0 bridgehead atoms. The molecule has 5 heteroatoms. The molecule has 0 saturated heterocycles. The molecule has 1 heterocycles. The molecule has 4 rings (SSSR count). The van der Waals surface area contributed by atoms with Crippen LogP contribution in [0.5, 0.6) is 5.75 Å². The molecular formula is C24H20BrNO3. The molecule has 0 aliphatic carbocycles. The number of benzene rings is 3. The van der Waals surface area contributed by atoms with E-state index in [-0.39, 0.29) is 11.7 Å². The molecule has 3 aromatic carbocycles. The van der Waals surface area contributed by atoms with Crippen LogP contribution in [0.15, 0.2) is 89.1 Å². The summed E-state index contributed by atoms with van der Waals surface area (Å²) in [7, 11) is 1.61. The van der Waals surface area contributed by atoms with Crippen LogP contribution in [0.4, 0.5) is 0 Å². The van der Waals surface area contributed by atoms with E-state index in [0.29, 0.717) is 17.9 Å². The summed E-state index contributed by atoms with van der Waals surface area (Å²) >= 11 is 3.52. The van der Waals surface area contributed by atoms with Gasteiger partial charge in [0.25, 0.3) is 5.91 Å². The number of halogens is 1. The lowest BCUT2D eigenvalue weighted by molar-refractivity contribution is -0.130. The van der Waals surface area contributed by atoms with Gasteiger partial charge in [0.05, 0.1) is 19.7 Å². The van der Waals surface area contributed by atoms with Crippen LogP contribution in [-0.4, -0.2) is 23.0 Å². The van der Waals surface area contributed by atoms with E-state index in [2.05, 4.69) is 15.9 Å². The highest BCUT2D eigenvalue weighted by Gasteiger charge is 2.41. The number of rotatable bonds is 5. The predicted molar refractivity (Wildman–Crippen MR) is 116 cm³/mol. The van der Waals surface area contributed by atoms with Crippen molar-refractivity contribution in [3.8, 4) is 5.75 Å². The number of para-hydroxylation sites is 1. The lowest BCUT2D eigenvalue weighted by Gasteiger charge is -2.28. The zero-order valence-corrected chi connectivity index (χ0v) is 17.5. The Morgan fingerprint density at radius 1 is 1.00 bits per heavy atom. The monoisotopic (exact) mass is 449 g/mol. The average molecular weight is 450 g/mol. The standard InChI is InChI=1S/C24H20BrNO3/c1-29-20-13-6-5-10-18(20)15-26-22(17-11-7-12-19(25)14-17)21(23(27)24(26)28)16-8-3-2-4-9-16/h2-14,22,27H,15H2,1H3. The van der Waals surface area contributed by atoms with Crippen molar-refractivity contribution in [2.45, 2.75) is 12.6 Å². The highest BCUT2D eigenvalue weighted by Crippen LogP contribution is 2.44. The molecule has 3 aromatic rings. The highest BCUT2D eigenvalue weighted by atomic mass is 79.9. The molecule has 0 radical (unpaired) electrons. The van der Waals surface area contributed by atoms with E-state index in [0.717, 1.165) is 21.2 Å². The number of carbonyl (C=O) groups excluding carboxylic acids is 1. The van der Waals surface area contributed by atoms with Gasteiger partial charge in [0.2, 0.25) is 0 Å². The van der Waals surface area contributed by atoms with Gasteiger partial charge in [-0.15, -0.1) is 0 Å². The van der Waals surface area contributed by atoms with Gasteiger partial charge in [-0.1, -0.05) is 76.6 Å². The van der Waals surface area contributed by atoms with Crippen LogP contribution in [0.2, 0.25) is 0 Å². The van der Waals surface area contributed by atoms with Crippen molar-refractivity contribution in [3.63, 3.8) is 0 Å². The van der Waals surface area contributed by atoms with Crippen molar-refractivity contribution in [2.75, 3.05) is 7.11 Å². The minimum absolute atomic E-state index is 0.212. The smallest absolute Gasteiger partial charge is 0.290 e. The molecule has 0 saturated carbocycles. The molecule has 1 atom stereocenters. The predicted octanol–water partition coefficient (Wildman–Crippen LogP) is 5.51. The normalized spacial score (nSPS) is 16.4. The number of amides is 1. The first-order valence-corrected chi connectivity index (χ1v) is 10.1. The number of methoxy groups -OCH3 is 1. The van der Waals surface area contributed by atoms with Crippen molar-refractivity contribution >= 4 is 27.4 Å². The summed E-state index contributed by atoms with van der Waals surface area (Å²) in [6.07, 6.45) is 0. The Morgan fingerprint density at radius 3 is 2.45 bits per heavy atom. The Labute approximate surface area is 178 Å². The van der Waals surface area contributed by atoms with Gasteiger partial charge in [0, 0.05) is 15.6 Å². The molecule has 0 aromatic heterocycles. The van der Waals surface area contributed by atoms with Crippen LogP contribution in [0.1, 0.15) is 22.7 Å². The lowest BCUT2D eigenvalue weighted by atomic mass is 9.93. The molecule has 1 aliphatic rings. The summed E-state index contributed by atoms with van der Waals surface area (Å²) in [5, 5.41) is 10.8. The molecule has 146 valence electrons. The second kappa shape index (κ2) is 8.13. The van der Waals surface area contributed by atoms with E-state index in [1.807, 2.05) is 78.9 Å². The van der Waals surface area contributed by atoms with Gasteiger partial charge in [-0.3, -0.25) is 4.79 Å². The Bertz CT molecular complexity index is 1080. The summed E-state index contributed by atoms with van der Waals surface area (Å²) in [5.41, 5.74) is 3.24. The molecule has 1 N–H and O–H groups in total.